The Balaban J connectivity index is 2.53. The summed E-state index contributed by atoms with van der Waals surface area (Å²) in [5, 5.41) is 11.9. The third kappa shape index (κ3) is 4.91. The molecule has 0 aromatic heterocycles. The van der Waals surface area contributed by atoms with E-state index in [1.165, 1.54) is 6.92 Å². The van der Waals surface area contributed by atoms with Crippen molar-refractivity contribution in [2.75, 3.05) is 13.1 Å². The molecule has 1 unspecified atom stereocenters. The summed E-state index contributed by atoms with van der Waals surface area (Å²) in [6, 6.07) is -0.356. The zero-order chi connectivity index (χ0) is 16.0. The lowest BCUT2D eigenvalue weighted by Crippen LogP contribution is -2.57. The third-order valence-electron chi connectivity index (χ3n) is 4.00. The molecule has 1 rings (SSSR count). The fraction of sp³-hybridized carbons (Fsp3) is 0.786. The summed E-state index contributed by atoms with van der Waals surface area (Å²) in [4.78, 5) is 36.0. The maximum Gasteiger partial charge on any atom is 0.329 e. The Hall–Kier alpha value is -1.79. The second kappa shape index (κ2) is 7.28. The Bertz CT molecular complexity index is 405. The molecule has 4 N–H and O–H groups in total. The van der Waals surface area contributed by atoms with Gasteiger partial charge in [0.25, 0.3) is 0 Å². The number of rotatable bonds is 6. The van der Waals surface area contributed by atoms with Gasteiger partial charge in [-0.05, 0) is 32.1 Å². The number of nitrogens with two attached hydrogens (primary N) is 1. The molecule has 1 fully saturated rings. The lowest BCUT2D eigenvalue weighted by atomic mass is 9.93. The van der Waals surface area contributed by atoms with E-state index < -0.39 is 11.5 Å². The monoisotopic (exact) mass is 299 g/mol. The molecule has 3 amide bonds. The van der Waals surface area contributed by atoms with Crippen molar-refractivity contribution in [2.45, 2.75) is 51.5 Å². The Kier molecular flexibility index (Phi) is 5.99. The van der Waals surface area contributed by atoms with Crippen molar-refractivity contribution < 1.29 is 19.5 Å². The minimum atomic E-state index is -1.24. The van der Waals surface area contributed by atoms with Crippen LogP contribution in [-0.4, -0.2) is 46.5 Å². The first-order valence-corrected chi connectivity index (χ1v) is 7.37. The second-order valence-electron chi connectivity index (χ2n) is 5.92. The zero-order valence-electron chi connectivity index (χ0n) is 12.7. The number of urea groups is 1. The number of amides is 3. The number of carboxylic acid groups (broad SMARTS) is 1. The first kappa shape index (κ1) is 17.3. The van der Waals surface area contributed by atoms with E-state index in [0.717, 1.165) is 0 Å². The molecule has 1 aliphatic rings. The number of aliphatic carboxylic acids is 1. The van der Waals surface area contributed by atoms with Crippen LogP contribution in [-0.2, 0) is 9.59 Å². The van der Waals surface area contributed by atoms with Crippen LogP contribution in [0.25, 0.3) is 0 Å². The average molecular weight is 299 g/mol. The van der Waals surface area contributed by atoms with Gasteiger partial charge in [-0.2, -0.15) is 0 Å². The lowest BCUT2D eigenvalue weighted by Gasteiger charge is -2.34. The third-order valence-corrected chi connectivity index (χ3v) is 4.00. The van der Waals surface area contributed by atoms with E-state index in [2.05, 4.69) is 5.32 Å². The number of primary amides is 1. The summed E-state index contributed by atoms with van der Waals surface area (Å²) >= 11 is 0. The second-order valence-corrected chi connectivity index (χ2v) is 5.92. The fourth-order valence-corrected chi connectivity index (χ4v) is 2.66. The molecule has 0 aliphatic carbocycles. The molecule has 1 atom stereocenters. The molecular formula is C14H25N3O4. The van der Waals surface area contributed by atoms with Crippen molar-refractivity contribution in [3.05, 3.63) is 0 Å². The Morgan fingerprint density at radius 1 is 1.33 bits per heavy atom. The summed E-state index contributed by atoms with van der Waals surface area (Å²) in [7, 11) is 0. The summed E-state index contributed by atoms with van der Waals surface area (Å²) in [6.07, 6.45) is 2.83. The molecule has 1 saturated heterocycles. The number of nitrogens with zero attached hydrogens (tertiary/aromatic N) is 1. The minimum Gasteiger partial charge on any atom is -0.480 e. The highest BCUT2D eigenvalue weighted by Gasteiger charge is 2.36. The molecule has 21 heavy (non-hydrogen) atoms. The largest absolute Gasteiger partial charge is 0.480 e. The number of carbonyl (C=O) groups is 3. The summed E-state index contributed by atoms with van der Waals surface area (Å²) in [5.41, 5.74) is 3.93. The van der Waals surface area contributed by atoms with Crippen LogP contribution < -0.4 is 11.1 Å². The van der Waals surface area contributed by atoms with Crippen LogP contribution >= 0.6 is 0 Å². The van der Waals surface area contributed by atoms with Crippen molar-refractivity contribution in [1.82, 2.24) is 10.2 Å². The quantitative estimate of drug-likeness (QED) is 0.677. The maximum absolute atomic E-state index is 12.2. The lowest BCUT2D eigenvalue weighted by molar-refractivity contribution is -0.144. The van der Waals surface area contributed by atoms with Gasteiger partial charge in [0.1, 0.15) is 5.54 Å². The van der Waals surface area contributed by atoms with Crippen LogP contribution in [0.2, 0.25) is 0 Å². The predicted octanol–water partition coefficient (Wildman–Crippen LogP) is 0.927. The average Bonchev–Trinajstić information content (AvgIpc) is 2.38. The molecular weight excluding hydrogens is 274 g/mol. The molecule has 0 aromatic carbocycles. The molecule has 7 heteroatoms. The molecule has 0 aromatic rings. The van der Waals surface area contributed by atoms with Crippen LogP contribution in [0.5, 0.6) is 0 Å². The molecule has 0 spiro atoms. The van der Waals surface area contributed by atoms with E-state index in [0.29, 0.717) is 45.2 Å². The van der Waals surface area contributed by atoms with Gasteiger partial charge < -0.3 is 21.1 Å². The van der Waals surface area contributed by atoms with Crippen LogP contribution in [0.15, 0.2) is 0 Å². The molecule has 1 heterocycles. The fourth-order valence-electron chi connectivity index (χ4n) is 2.66. The van der Waals surface area contributed by atoms with E-state index in [-0.39, 0.29) is 17.9 Å². The van der Waals surface area contributed by atoms with E-state index in [1.54, 1.807) is 4.90 Å². The molecule has 7 nitrogen and oxygen atoms in total. The van der Waals surface area contributed by atoms with Crippen molar-refractivity contribution in [3.63, 3.8) is 0 Å². The highest BCUT2D eigenvalue weighted by Crippen LogP contribution is 2.21. The van der Waals surface area contributed by atoms with Gasteiger partial charge in [-0.1, -0.05) is 13.3 Å². The van der Waals surface area contributed by atoms with Crippen molar-refractivity contribution in [1.29, 1.82) is 0 Å². The zero-order valence-corrected chi connectivity index (χ0v) is 12.7. The van der Waals surface area contributed by atoms with Gasteiger partial charge in [0.15, 0.2) is 0 Å². The molecule has 1 aliphatic heterocycles. The molecule has 120 valence electrons. The Labute approximate surface area is 124 Å². The number of carbonyl (C=O) groups excluding carboxylic acids is 2. The molecule has 0 saturated carbocycles. The number of likely N-dealkylation sites (tertiary alicyclic amines) is 1. The predicted molar refractivity (Wildman–Crippen MR) is 77.6 cm³/mol. The van der Waals surface area contributed by atoms with Gasteiger partial charge in [-0.25, -0.2) is 9.59 Å². The van der Waals surface area contributed by atoms with Crippen LogP contribution in [0.4, 0.5) is 4.79 Å². The first-order valence-electron chi connectivity index (χ1n) is 7.37. The van der Waals surface area contributed by atoms with Crippen molar-refractivity contribution >= 4 is 17.9 Å². The maximum atomic E-state index is 12.2. The van der Waals surface area contributed by atoms with E-state index in [1.807, 2.05) is 6.92 Å². The van der Waals surface area contributed by atoms with Crippen LogP contribution in [0.3, 0.4) is 0 Å². The van der Waals surface area contributed by atoms with Crippen molar-refractivity contribution in [3.8, 4) is 0 Å². The smallest absolute Gasteiger partial charge is 0.329 e. The normalized spacial score (nSPS) is 18.9. The summed E-state index contributed by atoms with van der Waals surface area (Å²) < 4.78 is 0. The summed E-state index contributed by atoms with van der Waals surface area (Å²) in [6.45, 7) is 4.44. The molecule has 0 radical (unpaired) electrons. The SMILES string of the molecule is CCCC(C)(NC(=O)N1CCC(CC(N)=O)CC1)C(=O)O. The number of hydrogen-bond donors (Lipinski definition) is 3. The first-order chi connectivity index (χ1) is 9.78. The highest BCUT2D eigenvalue weighted by molar-refractivity contribution is 5.86. The van der Waals surface area contributed by atoms with Gasteiger partial charge in [-0.3, -0.25) is 4.79 Å². The number of piperidine rings is 1. The molecule has 0 bridgehead atoms. The Morgan fingerprint density at radius 2 is 1.90 bits per heavy atom. The summed E-state index contributed by atoms with van der Waals surface area (Å²) in [5.74, 6) is -1.13. The van der Waals surface area contributed by atoms with E-state index >= 15 is 0 Å². The Morgan fingerprint density at radius 3 is 2.33 bits per heavy atom. The van der Waals surface area contributed by atoms with Crippen LogP contribution in [0.1, 0.15) is 46.0 Å². The van der Waals surface area contributed by atoms with E-state index in [4.69, 9.17) is 5.73 Å². The van der Waals surface area contributed by atoms with Gasteiger partial charge in [0.05, 0.1) is 0 Å². The van der Waals surface area contributed by atoms with Crippen molar-refractivity contribution in [2.24, 2.45) is 11.7 Å². The minimum absolute atomic E-state index is 0.216. The number of hydrogen-bond acceptors (Lipinski definition) is 3. The number of carboxylic acids is 1. The topological polar surface area (TPSA) is 113 Å². The number of nitrogens with one attached hydrogen (secondary N) is 1. The highest BCUT2D eigenvalue weighted by atomic mass is 16.4. The standard InChI is InChI=1S/C14H25N3O4/c1-3-6-14(2,12(19)20)16-13(21)17-7-4-10(5-8-17)9-11(15)18/h10H,3-9H2,1-2H3,(H2,15,18)(H,16,21)(H,19,20). The van der Waals surface area contributed by atoms with Gasteiger partial charge >= 0.3 is 12.0 Å². The van der Waals surface area contributed by atoms with Crippen LogP contribution in [0, 0.1) is 5.92 Å². The van der Waals surface area contributed by atoms with Gasteiger partial charge in [-0.15, -0.1) is 0 Å². The van der Waals surface area contributed by atoms with Gasteiger partial charge in [0, 0.05) is 19.5 Å². The van der Waals surface area contributed by atoms with Gasteiger partial charge in [0.2, 0.25) is 5.91 Å². The van der Waals surface area contributed by atoms with E-state index in [9.17, 15) is 19.5 Å².